The molecule has 1 fully saturated rings. The standard InChI is InChI=1S/C23H26N4OS.ClH/c1-2-28-27-12-10-19-17-18(7-8-21(19)27)9-11-25-13-15-26(16-14-25)23-20-5-3-4-6-22(20)29-24-23;/h3-8,10,12,17H,2,9,11,13-16H2,1H3;1H. The van der Waals surface area contributed by atoms with Crippen molar-refractivity contribution in [2.24, 2.45) is 0 Å². The van der Waals surface area contributed by atoms with E-state index in [-0.39, 0.29) is 12.4 Å². The van der Waals surface area contributed by atoms with Crippen molar-refractivity contribution in [3.8, 4) is 0 Å². The van der Waals surface area contributed by atoms with Crippen LogP contribution in [-0.4, -0.2) is 53.3 Å². The molecular formula is C23H27ClN4OS. The second-order valence-electron chi connectivity index (χ2n) is 7.53. The minimum Gasteiger partial charge on any atom is -0.414 e. The van der Waals surface area contributed by atoms with Crippen LogP contribution in [0, 0.1) is 0 Å². The van der Waals surface area contributed by atoms with E-state index < -0.39 is 0 Å². The van der Waals surface area contributed by atoms with Crippen molar-refractivity contribution < 1.29 is 4.84 Å². The van der Waals surface area contributed by atoms with Gasteiger partial charge >= 0.3 is 0 Å². The Morgan fingerprint density at radius 3 is 2.70 bits per heavy atom. The van der Waals surface area contributed by atoms with Gasteiger partial charge in [-0.3, -0.25) is 4.90 Å². The lowest BCUT2D eigenvalue weighted by atomic mass is 10.1. The van der Waals surface area contributed by atoms with Crippen LogP contribution < -0.4 is 9.74 Å². The molecule has 0 unspecified atom stereocenters. The molecule has 4 aromatic rings. The summed E-state index contributed by atoms with van der Waals surface area (Å²) in [5.41, 5.74) is 2.53. The second kappa shape index (κ2) is 9.25. The topological polar surface area (TPSA) is 33.5 Å². The number of nitrogens with zero attached hydrogens (tertiary/aromatic N) is 4. The quantitative estimate of drug-likeness (QED) is 0.440. The van der Waals surface area contributed by atoms with Crippen LogP contribution in [0.25, 0.3) is 21.0 Å². The number of rotatable bonds is 6. The van der Waals surface area contributed by atoms with Crippen LogP contribution in [0.2, 0.25) is 0 Å². The summed E-state index contributed by atoms with van der Waals surface area (Å²) in [5, 5.41) is 2.54. The van der Waals surface area contributed by atoms with Crippen LogP contribution in [0.4, 0.5) is 5.82 Å². The number of piperazine rings is 1. The summed E-state index contributed by atoms with van der Waals surface area (Å²) in [4.78, 5) is 10.6. The predicted octanol–water partition coefficient (Wildman–Crippen LogP) is 4.49. The molecule has 0 amide bonds. The molecule has 5 nitrogen and oxygen atoms in total. The third kappa shape index (κ3) is 4.13. The van der Waals surface area contributed by atoms with E-state index in [9.17, 15) is 0 Å². The Morgan fingerprint density at radius 2 is 1.87 bits per heavy atom. The molecule has 0 spiro atoms. The molecule has 0 radical (unpaired) electrons. The molecule has 0 bridgehead atoms. The summed E-state index contributed by atoms with van der Waals surface area (Å²) in [6.07, 6.45) is 3.08. The van der Waals surface area contributed by atoms with Gasteiger partial charge in [-0.2, -0.15) is 9.10 Å². The number of aromatic nitrogens is 2. The average molecular weight is 443 g/mol. The third-order valence-electron chi connectivity index (χ3n) is 5.73. The van der Waals surface area contributed by atoms with E-state index in [1.165, 1.54) is 21.0 Å². The fourth-order valence-electron chi connectivity index (χ4n) is 4.14. The summed E-state index contributed by atoms with van der Waals surface area (Å²) in [7, 11) is 0. The largest absolute Gasteiger partial charge is 0.414 e. The number of fused-ring (bicyclic) bond motifs is 2. The molecule has 0 atom stereocenters. The van der Waals surface area contributed by atoms with Crippen LogP contribution in [0.5, 0.6) is 0 Å². The monoisotopic (exact) mass is 442 g/mol. The van der Waals surface area contributed by atoms with Crippen molar-refractivity contribution in [3.63, 3.8) is 0 Å². The zero-order valence-corrected chi connectivity index (χ0v) is 18.8. The molecule has 0 saturated carbocycles. The van der Waals surface area contributed by atoms with Gasteiger partial charge in [0, 0.05) is 49.7 Å². The van der Waals surface area contributed by atoms with Gasteiger partial charge in [0.1, 0.15) is 12.4 Å². The first-order valence-corrected chi connectivity index (χ1v) is 11.1. The van der Waals surface area contributed by atoms with E-state index in [1.807, 2.05) is 17.9 Å². The van der Waals surface area contributed by atoms with E-state index >= 15 is 0 Å². The fourth-order valence-corrected chi connectivity index (χ4v) is 4.94. The molecule has 158 valence electrons. The minimum atomic E-state index is 0. The van der Waals surface area contributed by atoms with Crippen LogP contribution in [0.1, 0.15) is 12.5 Å². The first-order valence-electron chi connectivity index (χ1n) is 10.4. The highest BCUT2D eigenvalue weighted by atomic mass is 35.5. The van der Waals surface area contributed by atoms with Crippen LogP contribution in [0.15, 0.2) is 54.7 Å². The Labute approximate surface area is 187 Å². The normalized spacial score (nSPS) is 14.9. The van der Waals surface area contributed by atoms with Gasteiger partial charge in [-0.25, -0.2) is 0 Å². The fraction of sp³-hybridized carbons (Fsp3) is 0.348. The number of benzene rings is 2. The van der Waals surface area contributed by atoms with Crippen LogP contribution in [-0.2, 0) is 6.42 Å². The zero-order chi connectivity index (χ0) is 19.6. The zero-order valence-electron chi connectivity index (χ0n) is 17.2. The number of anilines is 1. The molecule has 1 aliphatic heterocycles. The summed E-state index contributed by atoms with van der Waals surface area (Å²) < 4.78 is 7.86. The Balaban J connectivity index is 0.00000218. The molecule has 1 saturated heterocycles. The summed E-state index contributed by atoms with van der Waals surface area (Å²) >= 11 is 1.61. The van der Waals surface area contributed by atoms with Gasteiger partial charge in [0.2, 0.25) is 0 Å². The highest BCUT2D eigenvalue weighted by Gasteiger charge is 2.20. The maximum absolute atomic E-state index is 5.62. The van der Waals surface area contributed by atoms with Gasteiger partial charge in [-0.05, 0) is 60.8 Å². The molecule has 7 heteroatoms. The first-order chi connectivity index (χ1) is 14.3. The number of hydrogen-bond acceptors (Lipinski definition) is 5. The summed E-state index contributed by atoms with van der Waals surface area (Å²) in [6.45, 7) is 8.06. The van der Waals surface area contributed by atoms with E-state index in [0.717, 1.165) is 50.5 Å². The highest BCUT2D eigenvalue weighted by Crippen LogP contribution is 2.29. The first kappa shape index (κ1) is 21.0. The molecular weight excluding hydrogens is 416 g/mol. The van der Waals surface area contributed by atoms with Crippen molar-refractivity contribution in [3.05, 3.63) is 60.3 Å². The van der Waals surface area contributed by atoms with E-state index in [2.05, 4.69) is 58.3 Å². The molecule has 1 aliphatic rings. The van der Waals surface area contributed by atoms with E-state index in [0.29, 0.717) is 6.61 Å². The molecule has 0 aliphatic carbocycles. The second-order valence-corrected chi connectivity index (χ2v) is 8.34. The molecule has 2 aromatic carbocycles. The van der Waals surface area contributed by atoms with Gasteiger partial charge in [0.05, 0.1) is 10.2 Å². The van der Waals surface area contributed by atoms with Gasteiger partial charge in [0.25, 0.3) is 0 Å². The Morgan fingerprint density at radius 1 is 1.03 bits per heavy atom. The third-order valence-corrected chi connectivity index (χ3v) is 6.55. The smallest absolute Gasteiger partial charge is 0.150 e. The van der Waals surface area contributed by atoms with E-state index in [4.69, 9.17) is 9.21 Å². The Hall–Kier alpha value is -2.28. The lowest BCUT2D eigenvalue weighted by Crippen LogP contribution is -2.47. The SMILES string of the molecule is CCOn1ccc2cc(CCN3CCN(c4nsc5ccccc45)CC3)ccc21.Cl. The predicted molar refractivity (Wildman–Crippen MR) is 128 cm³/mol. The van der Waals surface area contributed by atoms with Gasteiger partial charge in [0.15, 0.2) is 0 Å². The van der Waals surface area contributed by atoms with Crippen molar-refractivity contribution in [1.29, 1.82) is 0 Å². The van der Waals surface area contributed by atoms with Gasteiger partial charge in [-0.1, -0.05) is 18.2 Å². The summed E-state index contributed by atoms with van der Waals surface area (Å²) in [5.74, 6) is 1.16. The molecule has 3 heterocycles. The van der Waals surface area contributed by atoms with Crippen LogP contribution in [0.3, 0.4) is 0 Å². The molecule has 2 aromatic heterocycles. The highest BCUT2D eigenvalue weighted by molar-refractivity contribution is 7.13. The molecule has 30 heavy (non-hydrogen) atoms. The van der Waals surface area contributed by atoms with Gasteiger partial charge < -0.3 is 9.74 Å². The number of hydrogen-bond donors (Lipinski definition) is 0. The Bertz CT molecular complexity index is 1120. The van der Waals surface area contributed by atoms with Crippen molar-refractivity contribution in [2.75, 3.05) is 44.2 Å². The lowest BCUT2D eigenvalue weighted by Gasteiger charge is -2.35. The maximum atomic E-state index is 5.62. The van der Waals surface area contributed by atoms with Gasteiger partial charge in [-0.15, -0.1) is 12.4 Å². The van der Waals surface area contributed by atoms with Crippen LogP contribution >= 0.6 is 23.9 Å². The molecule has 5 rings (SSSR count). The summed E-state index contributed by atoms with van der Waals surface area (Å²) in [6, 6.07) is 17.4. The molecule has 0 N–H and O–H groups in total. The maximum Gasteiger partial charge on any atom is 0.150 e. The average Bonchev–Trinajstić information content (AvgIpc) is 3.37. The lowest BCUT2D eigenvalue weighted by molar-refractivity contribution is 0.132. The number of halogens is 1. The van der Waals surface area contributed by atoms with Crippen molar-refractivity contribution in [2.45, 2.75) is 13.3 Å². The van der Waals surface area contributed by atoms with E-state index in [1.54, 1.807) is 11.5 Å². The van der Waals surface area contributed by atoms with Crippen molar-refractivity contribution >= 4 is 50.7 Å². The minimum absolute atomic E-state index is 0. The van der Waals surface area contributed by atoms with Crippen molar-refractivity contribution in [1.82, 2.24) is 14.0 Å². The Kier molecular flexibility index (Phi) is 6.46.